The third kappa shape index (κ3) is 5.14. The van der Waals surface area contributed by atoms with Crippen molar-refractivity contribution >= 4 is 16.0 Å². The number of hydrogen-bond donors (Lipinski definition) is 1. The van der Waals surface area contributed by atoms with Crippen LogP contribution in [0, 0.1) is 0 Å². The molecule has 0 aliphatic carbocycles. The van der Waals surface area contributed by atoms with Gasteiger partial charge in [-0.1, -0.05) is 25.8 Å². The van der Waals surface area contributed by atoms with Crippen molar-refractivity contribution in [3.8, 4) is 0 Å². The summed E-state index contributed by atoms with van der Waals surface area (Å²) in [6.07, 6.45) is 4.08. The molecular weight excluding hydrogens is 202 g/mol. The van der Waals surface area contributed by atoms with E-state index in [1.165, 1.54) is 6.08 Å². The van der Waals surface area contributed by atoms with Crippen molar-refractivity contribution in [2.45, 2.75) is 26.2 Å². The molecule has 0 radical (unpaired) electrons. The van der Waals surface area contributed by atoms with Crippen molar-refractivity contribution in [1.82, 2.24) is 5.06 Å². The number of carbonyl (C=O) groups is 1. The average molecular weight is 219 g/mol. The van der Waals surface area contributed by atoms with Gasteiger partial charge in [0.05, 0.1) is 5.75 Å². The standard InChI is InChI=1S/C9H17NO3S/c1-3-5-6-7-10(12)9(11)14(13)8-4-2/h4,12H,2-3,5-8H2,1H3. The molecule has 0 fully saturated rings. The van der Waals surface area contributed by atoms with Crippen molar-refractivity contribution in [2.24, 2.45) is 0 Å². The van der Waals surface area contributed by atoms with Crippen LogP contribution in [0.5, 0.6) is 0 Å². The summed E-state index contributed by atoms with van der Waals surface area (Å²) in [7, 11) is -1.68. The van der Waals surface area contributed by atoms with Gasteiger partial charge in [-0.15, -0.1) is 6.58 Å². The van der Waals surface area contributed by atoms with E-state index in [-0.39, 0.29) is 12.3 Å². The molecule has 1 amide bonds. The minimum atomic E-state index is -1.68. The van der Waals surface area contributed by atoms with Crippen LogP contribution < -0.4 is 0 Å². The fraction of sp³-hybridized carbons (Fsp3) is 0.667. The van der Waals surface area contributed by atoms with Crippen LogP contribution in [-0.4, -0.2) is 32.0 Å². The molecule has 5 heteroatoms. The third-order valence-corrected chi connectivity index (χ3v) is 2.79. The van der Waals surface area contributed by atoms with Crippen molar-refractivity contribution in [3.63, 3.8) is 0 Å². The van der Waals surface area contributed by atoms with Gasteiger partial charge in [0.25, 0.3) is 0 Å². The predicted octanol–water partition coefficient (Wildman–Crippen LogP) is 1.92. The Balaban J connectivity index is 3.86. The summed E-state index contributed by atoms with van der Waals surface area (Å²) < 4.78 is 11.1. The highest BCUT2D eigenvalue weighted by molar-refractivity contribution is 8.00. The number of carbonyl (C=O) groups excluding carboxylic acids is 1. The van der Waals surface area contributed by atoms with Crippen molar-refractivity contribution in [1.29, 1.82) is 0 Å². The summed E-state index contributed by atoms with van der Waals surface area (Å²) in [5.41, 5.74) is 0. The zero-order valence-corrected chi connectivity index (χ0v) is 9.26. The number of hydrogen-bond acceptors (Lipinski definition) is 3. The van der Waals surface area contributed by atoms with E-state index in [0.29, 0.717) is 5.06 Å². The lowest BCUT2D eigenvalue weighted by Crippen LogP contribution is -2.31. The third-order valence-electron chi connectivity index (χ3n) is 1.65. The lowest BCUT2D eigenvalue weighted by atomic mass is 10.2. The first-order valence-electron chi connectivity index (χ1n) is 4.63. The molecule has 0 rings (SSSR count). The van der Waals surface area contributed by atoms with E-state index in [1.54, 1.807) is 0 Å². The Morgan fingerprint density at radius 3 is 2.71 bits per heavy atom. The molecule has 14 heavy (non-hydrogen) atoms. The van der Waals surface area contributed by atoms with Crippen LogP contribution in [0.2, 0.25) is 0 Å². The van der Waals surface area contributed by atoms with Crippen molar-refractivity contribution in [2.75, 3.05) is 12.3 Å². The van der Waals surface area contributed by atoms with E-state index in [9.17, 15) is 14.2 Å². The predicted molar refractivity (Wildman–Crippen MR) is 56.6 cm³/mol. The topological polar surface area (TPSA) is 57.6 Å². The van der Waals surface area contributed by atoms with Crippen LogP contribution in [0.3, 0.4) is 0 Å². The van der Waals surface area contributed by atoms with Gasteiger partial charge in [0.1, 0.15) is 10.8 Å². The highest BCUT2D eigenvalue weighted by atomic mass is 32.2. The Kier molecular flexibility index (Phi) is 7.32. The van der Waals surface area contributed by atoms with Gasteiger partial charge < -0.3 is 0 Å². The Bertz CT molecular complexity index is 218. The number of hydroxylamine groups is 2. The molecule has 0 spiro atoms. The highest BCUT2D eigenvalue weighted by Gasteiger charge is 2.16. The molecule has 4 nitrogen and oxygen atoms in total. The van der Waals surface area contributed by atoms with Crippen LogP contribution in [0.1, 0.15) is 26.2 Å². The monoisotopic (exact) mass is 219 g/mol. The largest absolute Gasteiger partial charge is 0.335 e. The normalized spacial score (nSPS) is 12.1. The van der Waals surface area contributed by atoms with Gasteiger partial charge in [-0.05, 0) is 6.42 Å². The Hall–Kier alpha value is -0.680. The summed E-state index contributed by atoms with van der Waals surface area (Å²) in [5.74, 6) is 0.0870. The molecule has 82 valence electrons. The van der Waals surface area contributed by atoms with Gasteiger partial charge in [-0.2, -0.15) is 0 Å². The second kappa shape index (κ2) is 7.70. The van der Waals surface area contributed by atoms with Gasteiger partial charge in [0, 0.05) is 6.54 Å². The van der Waals surface area contributed by atoms with E-state index < -0.39 is 16.0 Å². The maximum Gasteiger partial charge on any atom is 0.335 e. The maximum absolute atomic E-state index is 11.2. The van der Waals surface area contributed by atoms with Crippen LogP contribution in [0.25, 0.3) is 0 Å². The lowest BCUT2D eigenvalue weighted by molar-refractivity contribution is -0.0327. The molecule has 1 N–H and O–H groups in total. The molecule has 0 heterocycles. The molecule has 0 aromatic carbocycles. The van der Waals surface area contributed by atoms with Gasteiger partial charge in [0.2, 0.25) is 0 Å². The van der Waals surface area contributed by atoms with E-state index in [1.807, 2.05) is 6.92 Å². The van der Waals surface area contributed by atoms with Gasteiger partial charge in [-0.25, -0.2) is 9.27 Å². The minimum absolute atomic E-state index is 0.0870. The Morgan fingerprint density at radius 2 is 2.21 bits per heavy atom. The van der Waals surface area contributed by atoms with Gasteiger partial charge in [0.15, 0.2) is 0 Å². The second-order valence-corrected chi connectivity index (χ2v) is 4.27. The van der Waals surface area contributed by atoms with Crippen LogP contribution >= 0.6 is 0 Å². The van der Waals surface area contributed by atoms with Gasteiger partial charge in [-0.3, -0.25) is 10.0 Å². The smallest absolute Gasteiger partial charge is 0.285 e. The van der Waals surface area contributed by atoms with Crippen LogP contribution in [-0.2, 0) is 10.8 Å². The van der Waals surface area contributed by atoms with E-state index in [0.717, 1.165) is 19.3 Å². The summed E-state index contributed by atoms with van der Waals surface area (Å²) in [6.45, 7) is 5.65. The molecule has 0 aromatic heterocycles. The number of unbranched alkanes of at least 4 members (excludes halogenated alkanes) is 2. The summed E-state index contributed by atoms with van der Waals surface area (Å²) in [5, 5.41) is 9.00. The van der Waals surface area contributed by atoms with E-state index >= 15 is 0 Å². The molecule has 1 unspecified atom stereocenters. The highest BCUT2D eigenvalue weighted by Crippen LogP contribution is 2.00. The fourth-order valence-corrected chi connectivity index (χ4v) is 1.58. The SMILES string of the molecule is C=CCS(=O)C(=O)N(O)CCCCC. The minimum Gasteiger partial charge on any atom is -0.285 e. The molecule has 0 aromatic rings. The molecule has 0 bridgehead atoms. The first-order valence-corrected chi connectivity index (χ1v) is 5.95. The summed E-state index contributed by atoms with van der Waals surface area (Å²) >= 11 is 0. The zero-order chi connectivity index (χ0) is 11.0. The van der Waals surface area contributed by atoms with Crippen LogP contribution in [0.4, 0.5) is 4.79 Å². The molecular formula is C9H17NO3S. The first-order chi connectivity index (χ1) is 6.63. The number of rotatable bonds is 6. The summed E-state index contributed by atoms with van der Waals surface area (Å²) in [4.78, 5) is 11.2. The van der Waals surface area contributed by atoms with E-state index in [4.69, 9.17) is 0 Å². The first kappa shape index (κ1) is 13.3. The molecule has 0 aliphatic heterocycles. The molecule has 0 aliphatic rings. The van der Waals surface area contributed by atoms with Crippen molar-refractivity contribution < 1.29 is 14.2 Å². The number of nitrogens with zero attached hydrogens (tertiary/aromatic N) is 1. The fourth-order valence-electron chi connectivity index (χ4n) is 0.899. The molecule has 0 saturated carbocycles. The Labute approximate surface area is 87.0 Å². The van der Waals surface area contributed by atoms with Gasteiger partial charge >= 0.3 is 5.24 Å². The quantitative estimate of drug-likeness (QED) is 0.321. The Morgan fingerprint density at radius 1 is 1.57 bits per heavy atom. The zero-order valence-electron chi connectivity index (χ0n) is 8.44. The van der Waals surface area contributed by atoms with Crippen LogP contribution in [0.15, 0.2) is 12.7 Å². The average Bonchev–Trinajstić information content (AvgIpc) is 2.17. The molecule has 1 atom stereocenters. The second-order valence-electron chi connectivity index (χ2n) is 2.90. The number of amides is 1. The maximum atomic E-state index is 11.2. The van der Waals surface area contributed by atoms with E-state index in [2.05, 4.69) is 6.58 Å². The van der Waals surface area contributed by atoms with Crippen molar-refractivity contribution in [3.05, 3.63) is 12.7 Å². The lowest BCUT2D eigenvalue weighted by Gasteiger charge is -2.13. The molecule has 0 saturated heterocycles. The summed E-state index contributed by atoms with van der Waals surface area (Å²) in [6, 6.07) is 0.